The van der Waals surface area contributed by atoms with E-state index in [4.69, 9.17) is 41.3 Å². The first-order valence-electron chi connectivity index (χ1n) is 22.3. The van der Waals surface area contributed by atoms with Gasteiger partial charge in [-0.25, -0.2) is 0 Å². The van der Waals surface area contributed by atoms with Crippen molar-refractivity contribution in [1.82, 2.24) is 5.32 Å². The van der Waals surface area contributed by atoms with E-state index >= 15 is 0 Å². The summed E-state index contributed by atoms with van der Waals surface area (Å²) in [5, 5.41) is -1.10. The van der Waals surface area contributed by atoms with Crippen LogP contribution in [0.15, 0.2) is 96.8 Å². The van der Waals surface area contributed by atoms with Crippen molar-refractivity contribution in [2.75, 3.05) is 25.5 Å². The normalized spacial score (nSPS) is 22.9. The predicted octanol–water partition coefficient (Wildman–Crippen LogP) is 5.10. The number of benzene rings is 4. The highest BCUT2D eigenvalue weighted by Gasteiger charge is 2.42. The van der Waals surface area contributed by atoms with E-state index in [9.17, 15) is 14.4 Å². The fourth-order valence-corrected chi connectivity index (χ4v) is 5.43. The molecule has 0 radical (unpaired) electrons. The Balaban J connectivity index is 1.52. The highest BCUT2D eigenvalue weighted by atomic mass is 32.2. The number of aryl methyl sites for hydroxylation is 1. The van der Waals surface area contributed by atoms with Gasteiger partial charge in [0.1, 0.15) is 5.37 Å². The van der Waals surface area contributed by atoms with Crippen LogP contribution in [0.2, 0.25) is 0 Å². The number of hydrogen-bond donors (Lipinski definition) is 2. The Kier molecular flexibility index (Phi) is 4.90. The molecule has 0 saturated carbocycles. The van der Waals surface area contributed by atoms with E-state index in [-0.39, 0.29) is 11.3 Å². The number of hydrogen-bond acceptors (Lipinski definition) is 6. The molecular weight excluding hydrogens is 586 g/mol. The molecule has 4 aromatic carbocycles. The summed E-state index contributed by atoms with van der Waals surface area (Å²) < 4.78 is 163. The van der Waals surface area contributed by atoms with Crippen molar-refractivity contribution in [2.24, 2.45) is 5.73 Å². The number of carbonyl (C=O) groups is 3. The topological polar surface area (TPSA) is 111 Å². The molecule has 0 spiro atoms. The summed E-state index contributed by atoms with van der Waals surface area (Å²) in [5.74, 6) is 0.223. The van der Waals surface area contributed by atoms with Gasteiger partial charge in [0.15, 0.2) is 11.5 Å². The van der Waals surface area contributed by atoms with Crippen LogP contribution >= 0.6 is 11.8 Å². The second kappa shape index (κ2) is 14.5. The Morgan fingerprint density at radius 3 is 2.47 bits per heavy atom. The second-order valence-corrected chi connectivity index (χ2v) is 10.3. The highest BCUT2D eigenvalue weighted by molar-refractivity contribution is 8.01. The number of nitrogens with two attached hydrogens (primary N) is 1. The van der Waals surface area contributed by atoms with Gasteiger partial charge in [-0.1, -0.05) is 54.2 Å². The molecule has 3 amide bonds. The summed E-state index contributed by atoms with van der Waals surface area (Å²) in [5.41, 5.74) is 3.28. The second-order valence-electron chi connectivity index (χ2n) is 9.01. The van der Waals surface area contributed by atoms with Crippen molar-refractivity contribution in [3.8, 4) is 23.3 Å². The Morgan fingerprint density at radius 1 is 1.00 bits per heavy atom. The molecule has 8 nitrogen and oxygen atoms in total. The van der Waals surface area contributed by atoms with Crippen LogP contribution in [0.5, 0.6) is 11.5 Å². The zero-order valence-corrected chi connectivity index (χ0v) is 23.7. The molecule has 5 rings (SSSR count). The molecule has 1 heterocycles. The molecule has 45 heavy (non-hydrogen) atoms. The zero-order valence-electron chi connectivity index (χ0n) is 41.9. The average molecular weight is 639 g/mol. The first kappa shape index (κ1) is 15.2. The lowest BCUT2D eigenvalue weighted by atomic mass is 10.1. The first-order valence-corrected chi connectivity index (χ1v) is 13.7. The minimum Gasteiger partial charge on any atom is -0.493 e. The minimum atomic E-state index is -3.34. The van der Waals surface area contributed by atoms with Crippen molar-refractivity contribution < 1.29 is 49.9 Å². The average Bonchev–Trinajstić information content (AvgIpc) is 3.49. The molecule has 1 aliphatic rings. The number of ether oxygens (including phenoxy) is 2. The molecule has 9 heteroatoms. The number of thioether (sulfide) groups is 1. The predicted molar refractivity (Wildman–Crippen MR) is 176 cm³/mol. The SMILES string of the molecule is [2H]c1c([2H])c([2H])c(C#Cc2c([2H])c([2H])c([C@@H]3S[C@H](CC(=O)NC([2H])([2H])C([2H])([2H])c4ccc(OC([2H])([2H])[2H])c(OC([2H])([2H])[2H])c4)C(=O)N3c3cccc(C(N)=O)c3)c([2H])c2[2H])c([2H])c1[2H]. The van der Waals surface area contributed by atoms with Crippen LogP contribution in [0.25, 0.3) is 0 Å². The lowest BCUT2D eigenvalue weighted by Gasteiger charge is -2.24. The number of carbonyl (C=O) groups excluding carboxylic acids is 3. The molecule has 228 valence electrons. The number of nitrogens with zero attached hydrogens (tertiary/aromatic N) is 1. The van der Waals surface area contributed by atoms with E-state index in [1.807, 2.05) is 5.32 Å². The lowest BCUT2D eigenvalue weighted by molar-refractivity contribution is -0.124. The third-order valence-corrected chi connectivity index (χ3v) is 7.50. The van der Waals surface area contributed by atoms with E-state index in [0.29, 0.717) is 17.8 Å². The molecule has 2 atom stereocenters. The number of nitrogens with one attached hydrogen (secondary N) is 1. The van der Waals surface area contributed by atoms with Crippen molar-refractivity contribution in [3.63, 3.8) is 0 Å². The zero-order chi connectivity index (χ0) is 48.2. The van der Waals surface area contributed by atoms with Gasteiger partial charge < -0.3 is 20.5 Å². The summed E-state index contributed by atoms with van der Waals surface area (Å²) in [6.07, 6.45) is -4.10. The Morgan fingerprint density at radius 2 is 1.73 bits per heavy atom. The minimum absolute atomic E-state index is 0.0451. The van der Waals surface area contributed by atoms with E-state index in [1.54, 1.807) is 0 Å². The van der Waals surface area contributed by atoms with Crippen LogP contribution in [-0.2, 0) is 16.0 Å². The first-order chi connectivity index (χ1) is 29.4. The maximum Gasteiger partial charge on any atom is 0.248 e. The summed E-state index contributed by atoms with van der Waals surface area (Å²) in [6, 6.07) is 1.19. The van der Waals surface area contributed by atoms with Gasteiger partial charge in [-0.3, -0.25) is 19.3 Å². The summed E-state index contributed by atoms with van der Waals surface area (Å²) in [4.78, 5) is 40.9. The molecule has 0 bridgehead atoms. The maximum absolute atomic E-state index is 14.2. The van der Waals surface area contributed by atoms with Gasteiger partial charge in [0.05, 0.1) is 39.9 Å². The largest absolute Gasteiger partial charge is 0.493 e. The van der Waals surface area contributed by atoms with Crippen LogP contribution < -0.4 is 25.4 Å². The van der Waals surface area contributed by atoms with Crippen molar-refractivity contribution >= 4 is 35.2 Å². The van der Waals surface area contributed by atoms with Gasteiger partial charge in [-0.15, -0.1) is 11.8 Å². The van der Waals surface area contributed by atoms with Gasteiger partial charge in [-0.05, 0) is 72.0 Å². The smallest absolute Gasteiger partial charge is 0.248 e. The molecule has 3 N–H and O–H groups in total. The highest BCUT2D eigenvalue weighted by Crippen LogP contribution is 2.46. The Hall–Kier alpha value is -5.20. The van der Waals surface area contributed by atoms with Crippen LogP contribution in [0, 0.1) is 11.8 Å². The molecule has 1 saturated heterocycles. The molecule has 4 aromatic rings. The number of primary amides is 1. The van der Waals surface area contributed by atoms with E-state index in [0.717, 1.165) is 17.0 Å². The standard InChI is InChI=1S/C36H33N3O5S/c1-43-30-18-15-26(21-31(30)44-2)19-20-38-33(40)23-32-35(42)39(29-10-6-9-28(22-29)34(37)41)36(45-32)27-16-13-25(14-17-27)12-11-24-7-4-3-5-8-24/h3-10,13-18,21-22,32,36H,19-20,23H2,1-2H3,(H2,37,41)(H,38,40)/t32-,36+/m1/s1/i1D3,2D3,3D,4D,5D,7D,8D,13D,14D,16D,17D,19D2,20D2. The van der Waals surface area contributed by atoms with Crippen LogP contribution in [0.4, 0.5) is 5.69 Å². The van der Waals surface area contributed by atoms with Crippen molar-refractivity contribution in [3.05, 3.63) is 125 Å². The van der Waals surface area contributed by atoms with Gasteiger partial charge >= 0.3 is 0 Å². The summed E-state index contributed by atoms with van der Waals surface area (Å²) in [6.45, 7) is -3.34. The fraction of sp³-hybridized carbons (Fsp3) is 0.194. The number of anilines is 1. The maximum atomic E-state index is 14.2. The van der Waals surface area contributed by atoms with Gasteiger partial charge in [0.25, 0.3) is 0 Å². The number of rotatable bonds is 10. The number of methoxy groups -OCH3 is 2. The molecule has 0 aliphatic carbocycles. The van der Waals surface area contributed by atoms with E-state index in [2.05, 4.69) is 11.8 Å². The van der Waals surface area contributed by atoms with E-state index < -0.39 is 150 Å². The molecule has 1 fully saturated rings. The van der Waals surface area contributed by atoms with Crippen LogP contribution in [0.3, 0.4) is 0 Å². The van der Waals surface area contributed by atoms with Gasteiger partial charge in [0, 0.05) is 40.8 Å². The van der Waals surface area contributed by atoms with E-state index in [1.165, 1.54) is 24.3 Å². The monoisotopic (exact) mass is 638 g/mol. The van der Waals surface area contributed by atoms with Crippen molar-refractivity contribution in [2.45, 2.75) is 23.4 Å². The van der Waals surface area contributed by atoms with Gasteiger partial charge in [-0.2, -0.15) is 0 Å². The summed E-state index contributed by atoms with van der Waals surface area (Å²) in [7, 11) is -6.29. The summed E-state index contributed by atoms with van der Waals surface area (Å²) >= 11 is 0.633. The quantitative estimate of drug-likeness (QED) is 0.234. The fourth-order valence-electron chi connectivity index (χ4n) is 4.04. The number of amides is 3. The van der Waals surface area contributed by atoms with Gasteiger partial charge in [0.2, 0.25) is 17.7 Å². The third-order valence-electron chi connectivity index (χ3n) is 6.10. The third kappa shape index (κ3) is 7.66. The lowest BCUT2D eigenvalue weighted by Crippen LogP contribution is -2.34. The molecule has 1 aliphatic heterocycles. The molecule has 0 aromatic heterocycles. The molecule has 0 unspecified atom stereocenters. The van der Waals surface area contributed by atoms with Crippen LogP contribution in [-0.4, -0.2) is 43.5 Å². The Labute approximate surface area is 293 Å². The molecular formula is C36H33N3O5S. The van der Waals surface area contributed by atoms with Crippen LogP contribution in [0.1, 0.15) is 70.5 Å². The van der Waals surface area contributed by atoms with Crippen molar-refractivity contribution in [1.29, 1.82) is 0 Å². The Bertz CT molecular complexity index is 2590.